The molecule has 1 aromatic carbocycles. The molecule has 0 unspecified atom stereocenters. The number of amides is 1. The first-order valence-corrected chi connectivity index (χ1v) is 8.56. The summed E-state index contributed by atoms with van der Waals surface area (Å²) in [5.74, 6) is -0.876. The Morgan fingerprint density at radius 3 is 2.54 bits per heavy atom. The van der Waals surface area contributed by atoms with E-state index in [0.29, 0.717) is 16.7 Å². The van der Waals surface area contributed by atoms with Crippen LogP contribution in [0.25, 0.3) is 11.0 Å². The predicted octanol–water partition coefficient (Wildman–Crippen LogP) is 3.23. The van der Waals surface area contributed by atoms with Gasteiger partial charge >= 0.3 is 0 Å². The number of hydrogen-bond acceptors (Lipinski definition) is 4. The molecule has 3 heterocycles. The number of pyridine rings is 3. The van der Waals surface area contributed by atoms with Crippen LogP contribution in [-0.4, -0.2) is 20.4 Å². The molecule has 0 fully saturated rings. The summed E-state index contributed by atoms with van der Waals surface area (Å²) in [5.41, 5.74) is 1.25. The van der Waals surface area contributed by atoms with Gasteiger partial charge in [0.2, 0.25) is 0 Å². The summed E-state index contributed by atoms with van der Waals surface area (Å²) in [5, 5.41) is 3.36. The lowest BCUT2D eigenvalue weighted by molar-refractivity contribution is 0.102. The minimum absolute atomic E-state index is 0.000533. The molecule has 0 bridgehead atoms. The third-order valence-corrected chi connectivity index (χ3v) is 4.28. The standard InChI is InChI=1S/C21H15FN4O2/c22-16-5-3-14(4-6-16)13-26-19-15(2-1-9-24-19)12-18(21(26)28)20(27)25-17-7-10-23-11-8-17/h1-12H,13H2,(H,23,25,27). The summed E-state index contributed by atoms with van der Waals surface area (Å²) in [6.45, 7) is 0.170. The highest BCUT2D eigenvalue weighted by Crippen LogP contribution is 2.14. The number of carbonyl (C=O) groups excluding carboxylic acids is 1. The molecule has 0 spiro atoms. The highest BCUT2D eigenvalue weighted by molar-refractivity contribution is 6.05. The van der Waals surface area contributed by atoms with Crippen LogP contribution >= 0.6 is 0 Å². The molecule has 0 radical (unpaired) electrons. The van der Waals surface area contributed by atoms with Crippen LogP contribution in [-0.2, 0) is 6.54 Å². The van der Waals surface area contributed by atoms with Crippen molar-refractivity contribution in [2.24, 2.45) is 0 Å². The second-order valence-electron chi connectivity index (χ2n) is 6.18. The van der Waals surface area contributed by atoms with Gasteiger partial charge in [0, 0.05) is 29.7 Å². The average Bonchev–Trinajstić information content (AvgIpc) is 2.72. The zero-order chi connectivity index (χ0) is 19.5. The molecule has 0 atom stereocenters. The average molecular weight is 374 g/mol. The Morgan fingerprint density at radius 2 is 1.79 bits per heavy atom. The van der Waals surface area contributed by atoms with Crippen LogP contribution in [0, 0.1) is 5.82 Å². The second kappa shape index (κ2) is 7.40. The van der Waals surface area contributed by atoms with Crippen LogP contribution in [0.4, 0.5) is 10.1 Å². The van der Waals surface area contributed by atoms with Crippen molar-refractivity contribution in [1.82, 2.24) is 14.5 Å². The Morgan fingerprint density at radius 1 is 1.04 bits per heavy atom. The molecule has 3 aromatic heterocycles. The topological polar surface area (TPSA) is 76.9 Å². The van der Waals surface area contributed by atoms with E-state index in [1.807, 2.05) is 0 Å². The van der Waals surface area contributed by atoms with E-state index in [1.54, 1.807) is 55.0 Å². The fraction of sp³-hybridized carbons (Fsp3) is 0.0476. The maximum Gasteiger partial charge on any atom is 0.265 e. The molecular weight excluding hydrogens is 359 g/mol. The Balaban J connectivity index is 1.79. The third-order valence-electron chi connectivity index (χ3n) is 4.28. The molecule has 7 heteroatoms. The monoisotopic (exact) mass is 374 g/mol. The first kappa shape index (κ1) is 17.5. The minimum atomic E-state index is -0.519. The lowest BCUT2D eigenvalue weighted by Crippen LogP contribution is -2.30. The fourth-order valence-electron chi connectivity index (χ4n) is 2.92. The number of nitrogens with one attached hydrogen (secondary N) is 1. The molecule has 6 nitrogen and oxygen atoms in total. The van der Waals surface area contributed by atoms with E-state index >= 15 is 0 Å². The summed E-state index contributed by atoms with van der Waals surface area (Å²) in [6.07, 6.45) is 4.68. The maximum absolute atomic E-state index is 13.2. The van der Waals surface area contributed by atoms with Gasteiger partial charge in [-0.15, -0.1) is 0 Å². The van der Waals surface area contributed by atoms with Crippen LogP contribution in [0.5, 0.6) is 0 Å². The smallest absolute Gasteiger partial charge is 0.265 e. The number of hydrogen-bond donors (Lipinski definition) is 1. The lowest BCUT2D eigenvalue weighted by Gasteiger charge is -2.12. The van der Waals surface area contributed by atoms with E-state index in [-0.39, 0.29) is 17.9 Å². The van der Waals surface area contributed by atoms with Crippen molar-refractivity contribution in [1.29, 1.82) is 0 Å². The summed E-state index contributed by atoms with van der Waals surface area (Å²) < 4.78 is 14.6. The normalized spacial score (nSPS) is 10.8. The van der Waals surface area contributed by atoms with Crippen LogP contribution in [0.15, 0.2) is 78.0 Å². The van der Waals surface area contributed by atoms with Crippen LogP contribution in [0.1, 0.15) is 15.9 Å². The van der Waals surface area contributed by atoms with Crippen molar-refractivity contribution < 1.29 is 9.18 Å². The van der Waals surface area contributed by atoms with E-state index in [1.165, 1.54) is 22.8 Å². The van der Waals surface area contributed by atoms with Crippen molar-refractivity contribution >= 4 is 22.6 Å². The van der Waals surface area contributed by atoms with Crippen LogP contribution in [0.2, 0.25) is 0 Å². The van der Waals surface area contributed by atoms with Gasteiger partial charge in [0.25, 0.3) is 11.5 Å². The van der Waals surface area contributed by atoms with E-state index in [9.17, 15) is 14.0 Å². The number of nitrogens with zero attached hydrogens (tertiary/aromatic N) is 3. The first-order chi connectivity index (χ1) is 13.6. The number of benzene rings is 1. The Kier molecular flexibility index (Phi) is 4.63. The quantitative estimate of drug-likeness (QED) is 0.595. The molecule has 28 heavy (non-hydrogen) atoms. The molecule has 0 aliphatic carbocycles. The second-order valence-corrected chi connectivity index (χ2v) is 6.18. The van der Waals surface area contributed by atoms with Crippen molar-refractivity contribution in [3.8, 4) is 0 Å². The Hall–Kier alpha value is -3.87. The number of fused-ring (bicyclic) bond motifs is 1. The van der Waals surface area contributed by atoms with E-state index in [0.717, 1.165) is 5.56 Å². The van der Waals surface area contributed by atoms with Gasteiger partial charge in [0.05, 0.1) is 6.54 Å². The lowest BCUT2D eigenvalue weighted by atomic mass is 10.1. The summed E-state index contributed by atoms with van der Waals surface area (Å²) in [4.78, 5) is 34.0. The van der Waals surface area contributed by atoms with E-state index in [2.05, 4.69) is 15.3 Å². The van der Waals surface area contributed by atoms with Crippen LogP contribution < -0.4 is 10.9 Å². The van der Waals surface area contributed by atoms with Gasteiger partial charge in [-0.05, 0) is 48.0 Å². The number of carbonyl (C=O) groups is 1. The number of rotatable bonds is 4. The van der Waals surface area contributed by atoms with Crippen molar-refractivity contribution in [3.05, 3.63) is 100 Å². The summed E-state index contributed by atoms with van der Waals surface area (Å²) in [6, 6.07) is 14.2. The molecule has 0 aliphatic heterocycles. The fourth-order valence-corrected chi connectivity index (χ4v) is 2.92. The Bertz CT molecular complexity index is 1200. The largest absolute Gasteiger partial charge is 0.322 e. The SMILES string of the molecule is O=C(Nc1ccncc1)c1cc2cccnc2n(Cc2ccc(F)cc2)c1=O. The Labute approximate surface area is 159 Å². The molecule has 0 saturated carbocycles. The summed E-state index contributed by atoms with van der Waals surface area (Å²) >= 11 is 0. The van der Waals surface area contributed by atoms with Crippen LogP contribution in [0.3, 0.4) is 0 Å². The van der Waals surface area contributed by atoms with Gasteiger partial charge in [-0.3, -0.25) is 19.1 Å². The molecule has 1 N–H and O–H groups in total. The molecule has 1 amide bonds. The molecule has 4 aromatic rings. The number of aromatic nitrogens is 3. The third kappa shape index (κ3) is 3.50. The van der Waals surface area contributed by atoms with Gasteiger partial charge in [0.1, 0.15) is 17.0 Å². The first-order valence-electron chi connectivity index (χ1n) is 8.56. The molecule has 0 aliphatic rings. The zero-order valence-electron chi connectivity index (χ0n) is 14.7. The number of anilines is 1. The predicted molar refractivity (Wildman–Crippen MR) is 104 cm³/mol. The molecule has 138 valence electrons. The maximum atomic E-state index is 13.2. The van der Waals surface area contributed by atoms with Crippen molar-refractivity contribution in [3.63, 3.8) is 0 Å². The van der Waals surface area contributed by atoms with Gasteiger partial charge in [-0.2, -0.15) is 0 Å². The van der Waals surface area contributed by atoms with Gasteiger partial charge < -0.3 is 5.32 Å². The van der Waals surface area contributed by atoms with Crippen molar-refractivity contribution in [2.45, 2.75) is 6.54 Å². The minimum Gasteiger partial charge on any atom is -0.322 e. The van der Waals surface area contributed by atoms with Gasteiger partial charge in [-0.25, -0.2) is 9.37 Å². The zero-order valence-corrected chi connectivity index (χ0v) is 14.7. The van der Waals surface area contributed by atoms with Gasteiger partial charge in [0.15, 0.2) is 0 Å². The molecule has 0 saturated heterocycles. The van der Waals surface area contributed by atoms with Gasteiger partial charge in [-0.1, -0.05) is 12.1 Å². The molecular formula is C21H15FN4O2. The van der Waals surface area contributed by atoms with E-state index < -0.39 is 11.5 Å². The van der Waals surface area contributed by atoms with Crippen molar-refractivity contribution in [2.75, 3.05) is 5.32 Å². The number of halogens is 1. The highest BCUT2D eigenvalue weighted by Gasteiger charge is 2.17. The highest BCUT2D eigenvalue weighted by atomic mass is 19.1. The summed E-state index contributed by atoms with van der Waals surface area (Å²) in [7, 11) is 0. The molecule has 4 rings (SSSR count). The van der Waals surface area contributed by atoms with E-state index in [4.69, 9.17) is 0 Å².